The Labute approximate surface area is 159 Å². The van der Waals surface area contributed by atoms with Crippen molar-refractivity contribution in [2.24, 2.45) is 0 Å². The SMILES string of the molecule is Cc1ccc(=O)n(-c2ccc(CC(CO)NC(=O)OC(C)(C)C)cc2C)c1. The molecular formula is C21H28N2O4. The first-order valence-electron chi connectivity index (χ1n) is 8.98. The average Bonchev–Trinajstić information content (AvgIpc) is 2.55. The zero-order valence-electron chi connectivity index (χ0n) is 16.6. The Morgan fingerprint density at radius 1 is 1.22 bits per heavy atom. The standard InChI is InChI=1S/C21H28N2O4/c1-14-6-9-19(25)23(12-14)18-8-7-16(10-15(18)2)11-17(13-24)22-20(26)27-21(3,4)5/h6-10,12,17,24H,11,13H2,1-5H3,(H,22,26). The maximum absolute atomic E-state index is 12.1. The van der Waals surface area contributed by atoms with Gasteiger partial charge in [0.05, 0.1) is 18.3 Å². The van der Waals surface area contributed by atoms with Crippen LogP contribution in [0.25, 0.3) is 5.69 Å². The van der Waals surface area contributed by atoms with Gasteiger partial charge in [0.15, 0.2) is 0 Å². The number of aromatic nitrogens is 1. The molecule has 1 atom stereocenters. The molecule has 6 heteroatoms. The van der Waals surface area contributed by atoms with Crippen molar-refractivity contribution in [1.29, 1.82) is 0 Å². The number of aliphatic hydroxyl groups excluding tert-OH is 1. The van der Waals surface area contributed by atoms with E-state index in [1.165, 1.54) is 0 Å². The van der Waals surface area contributed by atoms with Crippen molar-refractivity contribution in [2.45, 2.75) is 52.7 Å². The summed E-state index contributed by atoms with van der Waals surface area (Å²) in [5.74, 6) is 0. The van der Waals surface area contributed by atoms with Crippen molar-refractivity contribution in [3.63, 3.8) is 0 Å². The van der Waals surface area contributed by atoms with Crippen LogP contribution in [0.15, 0.2) is 41.3 Å². The van der Waals surface area contributed by atoms with Gasteiger partial charge in [-0.25, -0.2) is 4.79 Å². The lowest BCUT2D eigenvalue weighted by Gasteiger charge is -2.23. The van der Waals surface area contributed by atoms with Crippen LogP contribution < -0.4 is 10.9 Å². The monoisotopic (exact) mass is 372 g/mol. The molecule has 2 aromatic rings. The van der Waals surface area contributed by atoms with Gasteiger partial charge in [-0.2, -0.15) is 0 Å². The van der Waals surface area contributed by atoms with E-state index in [1.54, 1.807) is 37.5 Å². The summed E-state index contributed by atoms with van der Waals surface area (Å²) < 4.78 is 6.86. The molecular weight excluding hydrogens is 344 g/mol. The Morgan fingerprint density at radius 2 is 1.93 bits per heavy atom. The van der Waals surface area contributed by atoms with Gasteiger partial charge in [-0.1, -0.05) is 18.2 Å². The molecule has 1 amide bonds. The molecule has 146 valence electrons. The summed E-state index contributed by atoms with van der Waals surface area (Å²) in [6.07, 6.45) is 1.71. The quantitative estimate of drug-likeness (QED) is 0.846. The van der Waals surface area contributed by atoms with E-state index < -0.39 is 17.7 Å². The summed E-state index contributed by atoms with van der Waals surface area (Å²) in [5, 5.41) is 12.3. The molecule has 0 saturated heterocycles. The van der Waals surface area contributed by atoms with Gasteiger partial charge in [0, 0.05) is 12.3 Å². The second-order valence-corrected chi connectivity index (χ2v) is 7.77. The molecule has 0 aliphatic carbocycles. The first kappa shape index (κ1) is 20.7. The summed E-state index contributed by atoms with van der Waals surface area (Å²) in [6.45, 7) is 9.04. The predicted molar refractivity (Wildman–Crippen MR) is 105 cm³/mol. The summed E-state index contributed by atoms with van der Waals surface area (Å²) in [6, 6.07) is 8.63. The number of benzene rings is 1. The number of alkyl carbamates (subject to hydrolysis) is 1. The fraction of sp³-hybridized carbons (Fsp3) is 0.429. The van der Waals surface area contributed by atoms with E-state index in [0.717, 1.165) is 22.4 Å². The minimum absolute atomic E-state index is 0.0868. The largest absolute Gasteiger partial charge is 0.444 e. The number of pyridine rings is 1. The Balaban J connectivity index is 2.15. The molecule has 1 aromatic heterocycles. The van der Waals surface area contributed by atoms with Crippen molar-refractivity contribution in [3.05, 3.63) is 63.6 Å². The molecule has 1 unspecified atom stereocenters. The van der Waals surface area contributed by atoms with Crippen LogP contribution in [0.2, 0.25) is 0 Å². The van der Waals surface area contributed by atoms with Crippen molar-refractivity contribution in [2.75, 3.05) is 6.61 Å². The molecule has 1 aromatic carbocycles. The lowest BCUT2D eigenvalue weighted by Crippen LogP contribution is -2.42. The van der Waals surface area contributed by atoms with Gasteiger partial charge in [0.25, 0.3) is 5.56 Å². The number of hydrogen-bond donors (Lipinski definition) is 2. The fourth-order valence-electron chi connectivity index (χ4n) is 2.82. The van der Waals surface area contributed by atoms with Gasteiger partial charge in [0.2, 0.25) is 0 Å². The number of rotatable bonds is 5. The highest BCUT2D eigenvalue weighted by Gasteiger charge is 2.19. The van der Waals surface area contributed by atoms with E-state index in [2.05, 4.69) is 5.32 Å². The number of amides is 1. The minimum Gasteiger partial charge on any atom is -0.444 e. The Bertz CT molecular complexity index is 865. The van der Waals surface area contributed by atoms with Crippen molar-refractivity contribution in [3.8, 4) is 5.69 Å². The number of aliphatic hydroxyl groups is 1. The minimum atomic E-state index is -0.594. The topological polar surface area (TPSA) is 80.6 Å². The number of carbonyl (C=O) groups excluding carboxylic acids is 1. The average molecular weight is 372 g/mol. The Hall–Kier alpha value is -2.60. The van der Waals surface area contributed by atoms with Crippen LogP contribution in [0.1, 0.15) is 37.5 Å². The van der Waals surface area contributed by atoms with Crippen LogP contribution in [-0.2, 0) is 11.2 Å². The molecule has 0 bridgehead atoms. The van der Waals surface area contributed by atoms with Gasteiger partial charge < -0.3 is 15.2 Å². The van der Waals surface area contributed by atoms with Gasteiger partial charge in [-0.15, -0.1) is 0 Å². The molecule has 2 rings (SSSR count). The lowest BCUT2D eigenvalue weighted by atomic mass is 10.0. The van der Waals surface area contributed by atoms with Gasteiger partial charge in [0.1, 0.15) is 5.60 Å². The third-order valence-corrected chi connectivity index (χ3v) is 4.00. The Morgan fingerprint density at radius 3 is 2.52 bits per heavy atom. The maximum Gasteiger partial charge on any atom is 0.407 e. The highest BCUT2D eigenvalue weighted by Crippen LogP contribution is 2.16. The second kappa shape index (κ2) is 8.39. The highest BCUT2D eigenvalue weighted by molar-refractivity contribution is 5.68. The predicted octanol–water partition coefficient (Wildman–Crippen LogP) is 2.88. The molecule has 27 heavy (non-hydrogen) atoms. The fourth-order valence-corrected chi connectivity index (χ4v) is 2.82. The maximum atomic E-state index is 12.1. The molecule has 0 radical (unpaired) electrons. The first-order chi connectivity index (χ1) is 12.6. The van der Waals surface area contributed by atoms with Crippen LogP contribution in [-0.4, -0.2) is 34.0 Å². The van der Waals surface area contributed by atoms with Crippen molar-refractivity contribution in [1.82, 2.24) is 9.88 Å². The summed E-state index contributed by atoms with van der Waals surface area (Å²) in [5.41, 5.74) is 3.02. The van der Waals surface area contributed by atoms with Crippen LogP contribution in [0, 0.1) is 13.8 Å². The van der Waals surface area contributed by atoms with Crippen LogP contribution in [0.5, 0.6) is 0 Å². The van der Waals surface area contributed by atoms with Crippen molar-refractivity contribution < 1.29 is 14.6 Å². The third-order valence-electron chi connectivity index (χ3n) is 4.00. The van der Waals surface area contributed by atoms with Crippen molar-refractivity contribution >= 4 is 6.09 Å². The zero-order valence-corrected chi connectivity index (χ0v) is 16.6. The molecule has 1 heterocycles. The molecule has 2 N–H and O–H groups in total. The first-order valence-corrected chi connectivity index (χ1v) is 8.98. The van der Waals surface area contributed by atoms with E-state index in [-0.39, 0.29) is 12.2 Å². The Kier molecular flexibility index (Phi) is 6.44. The van der Waals surface area contributed by atoms with E-state index in [0.29, 0.717) is 6.42 Å². The number of ether oxygens (including phenoxy) is 1. The molecule has 0 saturated carbocycles. The van der Waals surface area contributed by atoms with E-state index in [4.69, 9.17) is 4.74 Å². The lowest BCUT2D eigenvalue weighted by molar-refractivity contribution is 0.0483. The van der Waals surface area contributed by atoms with Crippen LogP contribution in [0.3, 0.4) is 0 Å². The van der Waals surface area contributed by atoms with Gasteiger partial charge in [-0.05, 0) is 63.8 Å². The molecule has 6 nitrogen and oxygen atoms in total. The summed E-state index contributed by atoms with van der Waals surface area (Å²) in [7, 11) is 0. The highest BCUT2D eigenvalue weighted by atomic mass is 16.6. The second-order valence-electron chi connectivity index (χ2n) is 7.77. The number of nitrogens with zero attached hydrogens (tertiary/aromatic N) is 1. The molecule has 0 spiro atoms. The van der Waals surface area contributed by atoms with Gasteiger partial charge in [-0.3, -0.25) is 9.36 Å². The molecule has 0 fully saturated rings. The molecule has 0 aliphatic rings. The van der Waals surface area contributed by atoms with Crippen LogP contribution >= 0.6 is 0 Å². The normalized spacial score (nSPS) is 12.5. The van der Waals surface area contributed by atoms with E-state index in [1.807, 2.05) is 38.2 Å². The third kappa shape index (κ3) is 5.96. The van der Waals surface area contributed by atoms with E-state index in [9.17, 15) is 14.7 Å². The van der Waals surface area contributed by atoms with Crippen LogP contribution in [0.4, 0.5) is 4.79 Å². The van der Waals surface area contributed by atoms with Gasteiger partial charge >= 0.3 is 6.09 Å². The number of nitrogens with one attached hydrogen (secondary N) is 1. The number of hydrogen-bond acceptors (Lipinski definition) is 4. The number of carbonyl (C=O) groups is 1. The zero-order chi connectivity index (χ0) is 20.2. The number of aryl methyl sites for hydroxylation is 2. The molecule has 0 aliphatic heterocycles. The summed E-state index contributed by atoms with van der Waals surface area (Å²) in [4.78, 5) is 24.0. The van der Waals surface area contributed by atoms with E-state index >= 15 is 0 Å². The summed E-state index contributed by atoms with van der Waals surface area (Å²) >= 11 is 0. The smallest absolute Gasteiger partial charge is 0.407 e.